The summed E-state index contributed by atoms with van der Waals surface area (Å²) in [6.45, 7) is 4.40. The predicted octanol–water partition coefficient (Wildman–Crippen LogP) is 1.59. The van der Waals surface area contributed by atoms with Gasteiger partial charge in [0.1, 0.15) is 5.82 Å². The molecule has 1 heterocycles. The van der Waals surface area contributed by atoms with Crippen LogP contribution in [0.25, 0.3) is 0 Å². The number of anilines is 1. The molecule has 2 aromatic rings. The minimum Gasteiger partial charge on any atom is -0.398 e. The lowest BCUT2D eigenvalue weighted by molar-refractivity contribution is 0.0953. The first kappa shape index (κ1) is 14.1. The number of carbonyl (C=O) groups is 1. The number of nitrogen functional groups attached to an aromatic ring is 1. The first-order chi connectivity index (χ1) is 9.49. The highest BCUT2D eigenvalue weighted by atomic mass is 16.1. The van der Waals surface area contributed by atoms with Gasteiger partial charge in [-0.3, -0.25) is 4.79 Å². The van der Waals surface area contributed by atoms with Crippen LogP contribution < -0.4 is 11.1 Å². The van der Waals surface area contributed by atoms with Crippen LogP contribution in [0.5, 0.6) is 0 Å². The van der Waals surface area contributed by atoms with E-state index in [1.54, 1.807) is 12.3 Å². The summed E-state index contributed by atoms with van der Waals surface area (Å²) in [6, 6.07) is 3.67. The molecule has 106 valence electrons. The van der Waals surface area contributed by atoms with Crippen molar-refractivity contribution >= 4 is 11.6 Å². The molecule has 1 amide bonds. The second kappa shape index (κ2) is 5.77. The maximum absolute atomic E-state index is 12.1. The normalized spacial score (nSPS) is 10.6. The van der Waals surface area contributed by atoms with Crippen LogP contribution in [0.3, 0.4) is 0 Å². The van der Waals surface area contributed by atoms with Crippen LogP contribution in [-0.4, -0.2) is 22.0 Å². The molecular formula is C15H20N4O. The zero-order chi connectivity index (χ0) is 14.7. The lowest BCUT2D eigenvalue weighted by Crippen LogP contribution is -2.27. The van der Waals surface area contributed by atoms with E-state index in [4.69, 9.17) is 5.73 Å². The largest absolute Gasteiger partial charge is 0.398 e. The molecule has 0 saturated heterocycles. The van der Waals surface area contributed by atoms with Gasteiger partial charge in [-0.15, -0.1) is 0 Å². The molecule has 1 aromatic carbocycles. The van der Waals surface area contributed by atoms with Gasteiger partial charge >= 0.3 is 0 Å². The molecule has 0 unspecified atom stereocenters. The van der Waals surface area contributed by atoms with Crippen molar-refractivity contribution in [3.05, 3.63) is 47.0 Å². The van der Waals surface area contributed by atoms with Gasteiger partial charge in [-0.25, -0.2) is 4.98 Å². The second-order valence-corrected chi connectivity index (χ2v) is 4.98. The number of nitrogens with two attached hydrogens (primary N) is 1. The highest BCUT2D eigenvalue weighted by Gasteiger charge is 2.10. The molecule has 0 aliphatic heterocycles. The molecule has 0 radical (unpaired) electrons. The van der Waals surface area contributed by atoms with Crippen molar-refractivity contribution in [2.45, 2.75) is 20.3 Å². The molecule has 1 aromatic heterocycles. The van der Waals surface area contributed by atoms with Gasteiger partial charge in [-0.05, 0) is 31.0 Å². The van der Waals surface area contributed by atoms with Crippen LogP contribution >= 0.6 is 0 Å². The molecule has 0 saturated carbocycles. The Balaban J connectivity index is 1.99. The van der Waals surface area contributed by atoms with Gasteiger partial charge < -0.3 is 15.6 Å². The van der Waals surface area contributed by atoms with Gasteiger partial charge in [0.15, 0.2) is 0 Å². The third-order valence-electron chi connectivity index (χ3n) is 3.41. The van der Waals surface area contributed by atoms with Crippen LogP contribution in [0, 0.1) is 13.8 Å². The Morgan fingerprint density at radius 2 is 2.10 bits per heavy atom. The van der Waals surface area contributed by atoms with Gasteiger partial charge in [0.25, 0.3) is 5.91 Å². The molecule has 3 N–H and O–H groups in total. The van der Waals surface area contributed by atoms with Gasteiger partial charge in [0.05, 0.1) is 0 Å². The third kappa shape index (κ3) is 2.99. The minimum atomic E-state index is -0.0941. The number of aromatic nitrogens is 2. The van der Waals surface area contributed by atoms with E-state index in [1.165, 1.54) is 0 Å². The maximum atomic E-state index is 12.1. The van der Waals surface area contributed by atoms with Crippen LogP contribution in [0.2, 0.25) is 0 Å². The lowest BCUT2D eigenvalue weighted by Gasteiger charge is -2.10. The fraction of sp³-hybridized carbons (Fsp3) is 0.333. The van der Waals surface area contributed by atoms with Crippen LogP contribution in [-0.2, 0) is 13.5 Å². The van der Waals surface area contributed by atoms with Gasteiger partial charge in [0, 0.05) is 43.7 Å². The average molecular weight is 272 g/mol. The molecule has 0 spiro atoms. The van der Waals surface area contributed by atoms with E-state index in [0.717, 1.165) is 17.0 Å². The van der Waals surface area contributed by atoms with Crippen molar-refractivity contribution in [1.29, 1.82) is 0 Å². The van der Waals surface area contributed by atoms with E-state index < -0.39 is 0 Å². The number of hydrogen-bond acceptors (Lipinski definition) is 3. The van der Waals surface area contributed by atoms with Crippen molar-refractivity contribution in [2.24, 2.45) is 7.05 Å². The van der Waals surface area contributed by atoms with Gasteiger partial charge in [-0.2, -0.15) is 0 Å². The monoisotopic (exact) mass is 272 g/mol. The molecule has 0 bridgehead atoms. The number of hydrogen-bond donors (Lipinski definition) is 2. The number of carbonyl (C=O) groups excluding carboxylic acids is 1. The Kier molecular flexibility index (Phi) is 4.08. The first-order valence-corrected chi connectivity index (χ1v) is 6.60. The Bertz CT molecular complexity index is 631. The summed E-state index contributed by atoms with van der Waals surface area (Å²) in [5, 5.41) is 2.90. The zero-order valence-electron chi connectivity index (χ0n) is 12.1. The van der Waals surface area contributed by atoms with Crippen molar-refractivity contribution in [3.63, 3.8) is 0 Å². The topological polar surface area (TPSA) is 72.9 Å². The van der Waals surface area contributed by atoms with E-state index in [9.17, 15) is 4.79 Å². The smallest absolute Gasteiger partial charge is 0.251 e. The Hall–Kier alpha value is -2.30. The van der Waals surface area contributed by atoms with Crippen LogP contribution in [0.4, 0.5) is 5.69 Å². The summed E-state index contributed by atoms with van der Waals surface area (Å²) in [5.41, 5.74) is 9.06. The van der Waals surface area contributed by atoms with Crippen molar-refractivity contribution < 1.29 is 4.79 Å². The van der Waals surface area contributed by atoms with Crippen molar-refractivity contribution in [2.75, 3.05) is 12.3 Å². The van der Waals surface area contributed by atoms with E-state index in [1.807, 2.05) is 37.7 Å². The fourth-order valence-corrected chi connectivity index (χ4v) is 2.13. The third-order valence-corrected chi connectivity index (χ3v) is 3.41. The first-order valence-electron chi connectivity index (χ1n) is 6.60. The molecule has 2 rings (SSSR count). The number of nitrogens with one attached hydrogen (secondary N) is 1. The quantitative estimate of drug-likeness (QED) is 0.830. The molecule has 20 heavy (non-hydrogen) atoms. The molecular weight excluding hydrogens is 252 g/mol. The SMILES string of the molecule is Cc1cc(C)c(C(=O)NCCc2nccn2C)cc1N. The number of amides is 1. The molecule has 5 nitrogen and oxygen atoms in total. The fourth-order valence-electron chi connectivity index (χ4n) is 2.13. The Morgan fingerprint density at radius 3 is 2.75 bits per heavy atom. The highest BCUT2D eigenvalue weighted by Crippen LogP contribution is 2.17. The molecule has 0 atom stereocenters. The minimum absolute atomic E-state index is 0.0941. The summed E-state index contributed by atoms with van der Waals surface area (Å²) < 4.78 is 1.95. The van der Waals surface area contributed by atoms with E-state index in [0.29, 0.717) is 24.2 Å². The average Bonchev–Trinajstić information content (AvgIpc) is 2.79. The van der Waals surface area contributed by atoms with Crippen molar-refractivity contribution in [1.82, 2.24) is 14.9 Å². The zero-order valence-corrected chi connectivity index (χ0v) is 12.1. The lowest BCUT2D eigenvalue weighted by atomic mass is 10.0. The van der Waals surface area contributed by atoms with E-state index >= 15 is 0 Å². The summed E-state index contributed by atoms with van der Waals surface area (Å²) in [7, 11) is 1.94. The molecule has 0 aliphatic carbocycles. The summed E-state index contributed by atoms with van der Waals surface area (Å²) in [5.74, 6) is 0.855. The Morgan fingerprint density at radius 1 is 1.35 bits per heavy atom. The maximum Gasteiger partial charge on any atom is 0.251 e. The van der Waals surface area contributed by atoms with Crippen LogP contribution in [0.15, 0.2) is 24.5 Å². The van der Waals surface area contributed by atoms with Crippen LogP contribution in [0.1, 0.15) is 27.3 Å². The van der Waals surface area contributed by atoms with E-state index in [2.05, 4.69) is 10.3 Å². The standard InChI is InChI=1S/C15H20N4O/c1-10-8-11(2)13(16)9-12(10)15(20)18-5-4-14-17-6-7-19(14)3/h6-9H,4-5,16H2,1-3H3,(H,18,20). The highest BCUT2D eigenvalue weighted by molar-refractivity contribution is 5.96. The second-order valence-electron chi connectivity index (χ2n) is 4.98. The predicted molar refractivity (Wildman–Crippen MR) is 79.6 cm³/mol. The van der Waals surface area contributed by atoms with Gasteiger partial charge in [0.2, 0.25) is 0 Å². The number of rotatable bonds is 4. The van der Waals surface area contributed by atoms with Gasteiger partial charge in [-0.1, -0.05) is 6.07 Å². The number of nitrogens with zero attached hydrogens (tertiary/aromatic N) is 2. The van der Waals surface area contributed by atoms with E-state index in [-0.39, 0.29) is 5.91 Å². The summed E-state index contributed by atoms with van der Waals surface area (Å²) in [4.78, 5) is 16.4. The molecule has 5 heteroatoms. The number of imidazole rings is 1. The molecule has 0 fully saturated rings. The molecule has 0 aliphatic rings. The number of aryl methyl sites for hydroxylation is 3. The summed E-state index contributed by atoms with van der Waals surface area (Å²) >= 11 is 0. The number of benzene rings is 1. The van der Waals surface area contributed by atoms with Crippen molar-refractivity contribution in [3.8, 4) is 0 Å². The summed E-state index contributed by atoms with van der Waals surface area (Å²) in [6.07, 6.45) is 4.35. The Labute approximate surface area is 118 Å².